The Morgan fingerprint density at radius 1 is 1.12 bits per heavy atom. The van der Waals surface area contributed by atoms with Gasteiger partial charge in [0.25, 0.3) is 0 Å². The first-order valence-corrected chi connectivity index (χ1v) is 12.4. The van der Waals surface area contributed by atoms with Crippen LogP contribution in [-0.2, 0) is 22.4 Å². The van der Waals surface area contributed by atoms with Crippen LogP contribution in [0.15, 0.2) is 35.7 Å². The van der Waals surface area contributed by atoms with Crippen LogP contribution in [-0.4, -0.2) is 37.1 Å². The molecule has 0 unspecified atom stereocenters. The Labute approximate surface area is 192 Å². The predicted molar refractivity (Wildman–Crippen MR) is 128 cm³/mol. The van der Waals surface area contributed by atoms with Gasteiger partial charge in [-0.15, -0.1) is 21.5 Å². The van der Waals surface area contributed by atoms with Crippen molar-refractivity contribution in [3.8, 4) is 0 Å². The van der Waals surface area contributed by atoms with Crippen molar-refractivity contribution < 1.29 is 9.59 Å². The van der Waals surface area contributed by atoms with Gasteiger partial charge < -0.3 is 10.6 Å². The molecule has 0 saturated heterocycles. The van der Waals surface area contributed by atoms with Crippen molar-refractivity contribution in [3.05, 3.63) is 41.0 Å². The Morgan fingerprint density at radius 2 is 1.91 bits per heavy atom. The van der Waals surface area contributed by atoms with Gasteiger partial charge in [0.05, 0.1) is 11.1 Å². The standard InChI is InChI=1S/C22H22N6O2S2/c1-2-17(29)24-13-6-5-7-14(10-13)25-18(30)11-31-22-27-26-20-19-15-8-3-4-9-16(15)32-21(19)23-12-28(20)22/h5-7,10,12H,2-4,8-9,11H2,1H3,(H,24,29)(H,25,30). The lowest BCUT2D eigenvalue weighted by Gasteiger charge is -2.10. The van der Waals surface area contributed by atoms with Crippen LogP contribution in [0.2, 0.25) is 0 Å². The molecule has 0 radical (unpaired) electrons. The first kappa shape index (κ1) is 20.9. The summed E-state index contributed by atoms with van der Waals surface area (Å²) < 4.78 is 1.88. The number of benzene rings is 1. The fourth-order valence-electron chi connectivity index (χ4n) is 3.88. The molecule has 8 nitrogen and oxygen atoms in total. The first-order valence-electron chi connectivity index (χ1n) is 10.6. The van der Waals surface area contributed by atoms with E-state index < -0.39 is 0 Å². The number of thiophene rings is 1. The summed E-state index contributed by atoms with van der Waals surface area (Å²) in [6, 6.07) is 7.11. The number of nitrogens with zero attached hydrogens (tertiary/aromatic N) is 4. The van der Waals surface area contributed by atoms with Crippen LogP contribution in [0.4, 0.5) is 11.4 Å². The van der Waals surface area contributed by atoms with Crippen molar-refractivity contribution >= 4 is 62.2 Å². The van der Waals surface area contributed by atoms with Crippen molar-refractivity contribution in [2.75, 3.05) is 16.4 Å². The zero-order valence-corrected chi connectivity index (χ0v) is 19.2. The SMILES string of the molecule is CCC(=O)Nc1cccc(NC(=O)CSc2nnc3c4c5c(sc4ncn23)CCCC5)c1. The third kappa shape index (κ3) is 4.07. The molecule has 0 saturated carbocycles. The molecule has 5 rings (SSSR count). The monoisotopic (exact) mass is 466 g/mol. The lowest BCUT2D eigenvalue weighted by atomic mass is 9.97. The number of anilines is 2. The molecule has 2 N–H and O–H groups in total. The largest absolute Gasteiger partial charge is 0.326 e. The maximum Gasteiger partial charge on any atom is 0.234 e. The molecule has 0 atom stereocenters. The van der Waals surface area contributed by atoms with Gasteiger partial charge in [0.1, 0.15) is 11.2 Å². The highest BCUT2D eigenvalue weighted by molar-refractivity contribution is 7.99. The molecule has 2 amide bonds. The molecular weight excluding hydrogens is 444 g/mol. The van der Waals surface area contributed by atoms with Crippen LogP contribution in [0.1, 0.15) is 36.6 Å². The lowest BCUT2D eigenvalue weighted by Crippen LogP contribution is -2.15. The number of hydrogen-bond donors (Lipinski definition) is 2. The average Bonchev–Trinajstić information content (AvgIpc) is 3.38. The van der Waals surface area contributed by atoms with Gasteiger partial charge in [0, 0.05) is 22.7 Å². The Hall–Kier alpha value is -2.98. The number of rotatable bonds is 6. The number of carbonyl (C=O) groups excluding carboxylic acids is 2. The number of nitrogens with one attached hydrogen (secondary N) is 2. The highest BCUT2D eigenvalue weighted by Crippen LogP contribution is 2.37. The van der Waals surface area contributed by atoms with Crippen LogP contribution >= 0.6 is 23.1 Å². The van der Waals surface area contributed by atoms with Crippen LogP contribution < -0.4 is 10.6 Å². The average molecular weight is 467 g/mol. The highest BCUT2D eigenvalue weighted by atomic mass is 32.2. The Morgan fingerprint density at radius 3 is 2.72 bits per heavy atom. The summed E-state index contributed by atoms with van der Waals surface area (Å²) in [6.07, 6.45) is 6.74. The van der Waals surface area contributed by atoms with Gasteiger partial charge in [-0.2, -0.15) is 0 Å². The maximum absolute atomic E-state index is 12.5. The van der Waals surface area contributed by atoms with E-state index in [2.05, 4.69) is 25.8 Å². The molecule has 3 aromatic heterocycles. The Bertz CT molecular complexity index is 1330. The molecule has 164 valence electrons. The fraction of sp³-hybridized carbons (Fsp3) is 0.318. The van der Waals surface area contributed by atoms with Crippen LogP contribution in [0, 0.1) is 0 Å². The minimum Gasteiger partial charge on any atom is -0.326 e. The minimum atomic E-state index is -0.160. The van der Waals surface area contributed by atoms with Gasteiger partial charge in [-0.25, -0.2) is 4.98 Å². The number of aryl methyl sites for hydroxylation is 2. The van der Waals surface area contributed by atoms with Crippen molar-refractivity contribution in [3.63, 3.8) is 0 Å². The third-order valence-corrected chi connectivity index (χ3v) is 7.56. The summed E-state index contributed by atoms with van der Waals surface area (Å²) in [4.78, 5) is 31.2. The molecular formula is C22H22N6O2S2. The van der Waals surface area contributed by atoms with Gasteiger partial charge in [0.15, 0.2) is 10.8 Å². The van der Waals surface area contributed by atoms with Gasteiger partial charge in [-0.05, 0) is 49.4 Å². The fourth-order valence-corrected chi connectivity index (χ4v) is 5.81. The van der Waals surface area contributed by atoms with Crippen molar-refractivity contribution in [2.24, 2.45) is 0 Å². The number of thioether (sulfide) groups is 1. The van der Waals surface area contributed by atoms with Crippen LogP contribution in [0.25, 0.3) is 15.9 Å². The summed E-state index contributed by atoms with van der Waals surface area (Å²) >= 11 is 3.08. The topological polar surface area (TPSA) is 101 Å². The molecule has 1 aromatic carbocycles. The van der Waals surface area contributed by atoms with E-state index in [0.29, 0.717) is 23.0 Å². The maximum atomic E-state index is 12.5. The zero-order chi connectivity index (χ0) is 22.1. The van der Waals surface area contributed by atoms with E-state index in [1.807, 2.05) is 4.40 Å². The van der Waals surface area contributed by atoms with Crippen molar-refractivity contribution in [1.29, 1.82) is 0 Å². The molecule has 32 heavy (non-hydrogen) atoms. The van der Waals surface area contributed by atoms with Crippen molar-refractivity contribution in [1.82, 2.24) is 19.6 Å². The molecule has 1 aliphatic carbocycles. The minimum absolute atomic E-state index is 0.0719. The predicted octanol–water partition coefficient (Wildman–Crippen LogP) is 4.30. The number of carbonyl (C=O) groups is 2. The summed E-state index contributed by atoms with van der Waals surface area (Å²) in [6.45, 7) is 1.79. The van der Waals surface area contributed by atoms with E-state index in [1.165, 1.54) is 35.0 Å². The number of hydrogen-bond acceptors (Lipinski definition) is 7. The number of fused-ring (bicyclic) bond motifs is 5. The summed E-state index contributed by atoms with van der Waals surface area (Å²) in [7, 11) is 0. The van der Waals surface area contributed by atoms with E-state index in [9.17, 15) is 9.59 Å². The van der Waals surface area contributed by atoms with E-state index in [4.69, 9.17) is 0 Å². The second-order valence-electron chi connectivity index (χ2n) is 7.63. The summed E-state index contributed by atoms with van der Waals surface area (Å²) in [5, 5.41) is 16.2. The van der Waals surface area contributed by atoms with E-state index in [1.54, 1.807) is 48.9 Å². The quantitative estimate of drug-likeness (QED) is 0.411. The smallest absolute Gasteiger partial charge is 0.234 e. The molecule has 0 aliphatic heterocycles. The second-order valence-corrected chi connectivity index (χ2v) is 9.66. The second kappa shape index (κ2) is 8.87. The molecule has 10 heteroatoms. The molecule has 3 heterocycles. The normalized spacial score (nSPS) is 13.3. The molecule has 4 aromatic rings. The molecule has 0 spiro atoms. The first-order chi connectivity index (χ1) is 15.6. The number of aromatic nitrogens is 4. The molecule has 1 aliphatic rings. The lowest BCUT2D eigenvalue weighted by molar-refractivity contribution is -0.116. The van der Waals surface area contributed by atoms with Gasteiger partial charge in [-0.3, -0.25) is 14.0 Å². The van der Waals surface area contributed by atoms with Gasteiger partial charge >= 0.3 is 0 Å². The third-order valence-electron chi connectivity index (χ3n) is 5.41. The summed E-state index contributed by atoms with van der Waals surface area (Å²) in [5.41, 5.74) is 3.46. The van der Waals surface area contributed by atoms with Crippen LogP contribution in [0.3, 0.4) is 0 Å². The van der Waals surface area contributed by atoms with E-state index in [-0.39, 0.29) is 17.6 Å². The van der Waals surface area contributed by atoms with Gasteiger partial charge in [-0.1, -0.05) is 24.8 Å². The highest BCUT2D eigenvalue weighted by Gasteiger charge is 2.21. The van der Waals surface area contributed by atoms with E-state index in [0.717, 1.165) is 28.7 Å². The Kier molecular flexibility index (Phi) is 5.79. The molecule has 0 fully saturated rings. The molecule has 0 bridgehead atoms. The van der Waals surface area contributed by atoms with Crippen LogP contribution in [0.5, 0.6) is 0 Å². The van der Waals surface area contributed by atoms with Crippen molar-refractivity contribution in [2.45, 2.75) is 44.2 Å². The van der Waals surface area contributed by atoms with Gasteiger partial charge in [0.2, 0.25) is 11.8 Å². The summed E-state index contributed by atoms with van der Waals surface area (Å²) in [5.74, 6) is -0.0449. The number of amides is 2. The zero-order valence-electron chi connectivity index (χ0n) is 17.6. The van der Waals surface area contributed by atoms with E-state index >= 15 is 0 Å². The Balaban J connectivity index is 1.30.